The van der Waals surface area contributed by atoms with E-state index in [-0.39, 0.29) is 29.6 Å². The molecule has 200 valence electrons. The fourth-order valence-electron chi connectivity index (χ4n) is 5.86. The van der Waals surface area contributed by atoms with Crippen LogP contribution in [-0.2, 0) is 10.2 Å². The van der Waals surface area contributed by atoms with Gasteiger partial charge in [0.2, 0.25) is 0 Å². The van der Waals surface area contributed by atoms with Crippen LogP contribution in [0.2, 0.25) is 0 Å². The summed E-state index contributed by atoms with van der Waals surface area (Å²) in [5.41, 5.74) is 1.29. The van der Waals surface area contributed by atoms with Gasteiger partial charge in [0, 0.05) is 30.1 Å². The molecule has 1 saturated heterocycles. The Kier molecular flexibility index (Phi) is 7.58. The number of nitrogens with zero attached hydrogens (tertiary/aromatic N) is 3. The van der Waals surface area contributed by atoms with Gasteiger partial charge >= 0.3 is 5.97 Å². The smallest absolute Gasteiger partial charge is 0.329 e. The predicted octanol–water partition coefficient (Wildman–Crippen LogP) is 6.02. The lowest BCUT2D eigenvalue weighted by atomic mass is 9.82. The van der Waals surface area contributed by atoms with E-state index in [1.165, 1.54) is 0 Å². The molecule has 0 bridgehead atoms. The normalized spacial score (nSPS) is 21.5. The van der Waals surface area contributed by atoms with Crippen LogP contribution in [0.25, 0.3) is 0 Å². The Morgan fingerprint density at radius 3 is 2.39 bits per heavy atom. The average molecular weight is 516 g/mol. The summed E-state index contributed by atoms with van der Waals surface area (Å²) in [6.45, 7) is 10.2. The molecule has 4 rings (SSSR count). The number of methoxy groups -OCH3 is 1. The van der Waals surface area contributed by atoms with Crippen molar-refractivity contribution in [2.24, 2.45) is 5.92 Å². The van der Waals surface area contributed by atoms with Crippen LogP contribution >= 0.6 is 0 Å². The highest BCUT2D eigenvalue weighted by molar-refractivity contribution is 5.99. The molecule has 3 aromatic rings. The van der Waals surface area contributed by atoms with Crippen LogP contribution in [0.4, 0.5) is 0 Å². The Morgan fingerprint density at radius 1 is 1.13 bits per heavy atom. The maximum absolute atomic E-state index is 14.5. The van der Waals surface area contributed by atoms with E-state index in [1.807, 2.05) is 50.2 Å². The molecular formula is C31H37N3O4. The van der Waals surface area contributed by atoms with Crippen LogP contribution in [-0.4, -0.2) is 44.5 Å². The summed E-state index contributed by atoms with van der Waals surface area (Å²) in [4.78, 5) is 38.2. The van der Waals surface area contributed by atoms with Gasteiger partial charge in [-0.3, -0.25) is 14.8 Å². The van der Waals surface area contributed by atoms with Crippen molar-refractivity contribution in [2.75, 3.05) is 7.11 Å². The number of aliphatic carboxylic acids is 1. The Morgan fingerprint density at radius 2 is 1.84 bits per heavy atom. The largest absolute Gasteiger partial charge is 0.496 e. The number of aromatic nitrogens is 2. The van der Waals surface area contributed by atoms with Gasteiger partial charge in [0.1, 0.15) is 11.3 Å². The van der Waals surface area contributed by atoms with E-state index in [0.29, 0.717) is 23.4 Å². The molecule has 1 aliphatic heterocycles. The van der Waals surface area contributed by atoms with E-state index in [9.17, 15) is 14.7 Å². The number of hydrogen-bond acceptors (Lipinski definition) is 5. The highest BCUT2D eigenvalue weighted by Gasteiger charge is 2.59. The first-order valence-corrected chi connectivity index (χ1v) is 13.1. The van der Waals surface area contributed by atoms with Crippen molar-refractivity contribution >= 4 is 11.9 Å². The molecular weight excluding hydrogens is 478 g/mol. The number of carbonyl (C=O) groups is 2. The molecule has 1 N–H and O–H groups in total. The summed E-state index contributed by atoms with van der Waals surface area (Å²) in [5, 5.41) is 10.8. The van der Waals surface area contributed by atoms with Crippen LogP contribution in [0.15, 0.2) is 67.1 Å². The Bertz CT molecular complexity index is 1290. The highest BCUT2D eigenvalue weighted by atomic mass is 16.5. The van der Waals surface area contributed by atoms with Gasteiger partial charge in [-0.15, -0.1) is 0 Å². The van der Waals surface area contributed by atoms with Crippen molar-refractivity contribution in [1.29, 1.82) is 0 Å². The number of benzene rings is 2. The number of likely N-dealkylation sites (tertiary alicyclic amines) is 1. The zero-order valence-electron chi connectivity index (χ0n) is 23.0. The Labute approximate surface area is 224 Å². The first-order valence-electron chi connectivity index (χ1n) is 13.1. The number of carbonyl (C=O) groups excluding carboxylic acids is 1. The first kappa shape index (κ1) is 27.3. The number of hydrogen-bond donors (Lipinski definition) is 1. The summed E-state index contributed by atoms with van der Waals surface area (Å²) >= 11 is 0. The molecule has 7 nitrogen and oxygen atoms in total. The minimum Gasteiger partial charge on any atom is -0.496 e. The summed E-state index contributed by atoms with van der Waals surface area (Å²) in [7, 11) is 1.59. The van der Waals surface area contributed by atoms with Crippen molar-refractivity contribution in [3.63, 3.8) is 0 Å². The van der Waals surface area contributed by atoms with Gasteiger partial charge in [-0.05, 0) is 47.4 Å². The Balaban J connectivity index is 1.95. The summed E-state index contributed by atoms with van der Waals surface area (Å²) < 4.78 is 5.69. The van der Waals surface area contributed by atoms with Crippen LogP contribution in [0.3, 0.4) is 0 Å². The summed E-state index contributed by atoms with van der Waals surface area (Å²) in [5.74, 6) is -1.05. The van der Waals surface area contributed by atoms with Crippen molar-refractivity contribution < 1.29 is 19.4 Å². The van der Waals surface area contributed by atoms with E-state index in [1.54, 1.807) is 42.7 Å². The molecule has 1 fully saturated rings. The molecule has 2 heterocycles. The van der Waals surface area contributed by atoms with E-state index in [4.69, 9.17) is 4.74 Å². The molecule has 38 heavy (non-hydrogen) atoms. The second-order valence-corrected chi connectivity index (χ2v) is 11.6. The summed E-state index contributed by atoms with van der Waals surface area (Å²) in [6, 6.07) is 14.5. The van der Waals surface area contributed by atoms with Gasteiger partial charge in [-0.1, -0.05) is 71.0 Å². The third kappa shape index (κ3) is 5.02. The molecule has 1 amide bonds. The molecule has 0 unspecified atom stereocenters. The number of rotatable bonds is 7. The second-order valence-electron chi connectivity index (χ2n) is 11.6. The topological polar surface area (TPSA) is 92.6 Å². The van der Waals surface area contributed by atoms with Crippen molar-refractivity contribution in [3.05, 3.63) is 89.5 Å². The van der Waals surface area contributed by atoms with Crippen LogP contribution < -0.4 is 4.74 Å². The van der Waals surface area contributed by atoms with E-state index in [2.05, 4.69) is 30.7 Å². The number of carboxylic acid groups (broad SMARTS) is 1. The molecule has 1 aromatic heterocycles. The molecule has 7 heteroatoms. The maximum Gasteiger partial charge on any atom is 0.329 e. The monoisotopic (exact) mass is 515 g/mol. The molecule has 3 atom stereocenters. The minimum absolute atomic E-state index is 0.0382. The van der Waals surface area contributed by atoms with Crippen LogP contribution in [0, 0.1) is 5.92 Å². The van der Waals surface area contributed by atoms with Gasteiger partial charge in [-0.2, -0.15) is 0 Å². The zero-order valence-corrected chi connectivity index (χ0v) is 23.0. The van der Waals surface area contributed by atoms with E-state index in [0.717, 1.165) is 11.1 Å². The third-order valence-corrected chi connectivity index (χ3v) is 7.40. The molecule has 2 aromatic carbocycles. The lowest BCUT2D eigenvalue weighted by Gasteiger charge is -2.39. The molecule has 0 saturated carbocycles. The van der Waals surface area contributed by atoms with Gasteiger partial charge in [-0.25, -0.2) is 4.79 Å². The van der Waals surface area contributed by atoms with Gasteiger partial charge in [0.15, 0.2) is 0 Å². The second kappa shape index (κ2) is 10.6. The number of amides is 1. The lowest BCUT2D eigenvalue weighted by Crippen LogP contribution is -2.54. The van der Waals surface area contributed by atoms with Gasteiger partial charge in [0.25, 0.3) is 5.91 Å². The van der Waals surface area contributed by atoms with E-state index >= 15 is 0 Å². The maximum atomic E-state index is 14.5. The lowest BCUT2D eigenvalue weighted by molar-refractivity contribution is -0.150. The van der Waals surface area contributed by atoms with E-state index < -0.39 is 17.6 Å². The SMILES string of the molecule is COc1cc(C(=O)N2[C@@H](c3ccccc3)[C@@H](c3cnccn3)C[C@@]2(CC(C)C)C(=O)O)ccc1C(C)(C)C. The predicted molar refractivity (Wildman–Crippen MR) is 146 cm³/mol. The zero-order chi connectivity index (χ0) is 27.7. The highest BCUT2D eigenvalue weighted by Crippen LogP contribution is 2.54. The third-order valence-electron chi connectivity index (χ3n) is 7.40. The minimum atomic E-state index is -1.43. The Hall–Kier alpha value is -3.74. The van der Waals surface area contributed by atoms with Crippen molar-refractivity contribution in [3.8, 4) is 5.75 Å². The fourth-order valence-corrected chi connectivity index (χ4v) is 5.86. The number of ether oxygens (including phenoxy) is 1. The molecule has 0 radical (unpaired) electrons. The number of carboxylic acids is 1. The van der Waals surface area contributed by atoms with Gasteiger partial charge < -0.3 is 14.7 Å². The van der Waals surface area contributed by atoms with Crippen LogP contribution in [0.1, 0.15) is 86.6 Å². The standard InChI is InChI=1S/C31H37N3O4/c1-20(2)17-31(29(36)37)18-23(25-19-32-14-15-33-25)27(21-10-8-7-9-11-21)34(31)28(35)22-12-13-24(30(3,4)5)26(16-22)38-6/h7-16,19-20,23,27H,17-18H2,1-6H3,(H,36,37)/t23-,27+,31+/m1/s1. The molecule has 0 aliphatic carbocycles. The molecule has 1 aliphatic rings. The van der Waals surface area contributed by atoms with Crippen molar-refractivity contribution in [2.45, 2.75) is 70.4 Å². The van der Waals surface area contributed by atoms with Gasteiger partial charge in [0.05, 0.1) is 18.8 Å². The van der Waals surface area contributed by atoms with Crippen molar-refractivity contribution in [1.82, 2.24) is 14.9 Å². The quantitative estimate of drug-likeness (QED) is 0.413. The average Bonchev–Trinajstić information content (AvgIpc) is 3.24. The molecule has 0 spiro atoms. The fraction of sp³-hybridized carbons (Fsp3) is 0.419. The summed E-state index contributed by atoms with van der Waals surface area (Å²) in [6.07, 6.45) is 5.44. The van der Waals surface area contributed by atoms with Crippen LogP contribution in [0.5, 0.6) is 5.75 Å². The first-order chi connectivity index (χ1) is 18.0.